The monoisotopic (exact) mass is 294 g/mol. The van der Waals surface area contributed by atoms with Crippen LogP contribution in [0.1, 0.15) is 15.9 Å². The molecule has 0 amide bonds. The van der Waals surface area contributed by atoms with Crippen LogP contribution in [0.3, 0.4) is 0 Å². The Bertz CT molecular complexity index is 825. The number of benzene rings is 3. The van der Waals surface area contributed by atoms with Crippen molar-refractivity contribution in [1.82, 2.24) is 0 Å². The highest BCUT2D eigenvalue weighted by Crippen LogP contribution is 2.36. The molecule has 22 heavy (non-hydrogen) atoms. The first-order valence-corrected chi connectivity index (χ1v) is 6.81. The first-order chi connectivity index (χ1) is 10.7. The first kappa shape index (κ1) is 13.9. The van der Waals surface area contributed by atoms with Crippen molar-refractivity contribution in [1.29, 1.82) is 0 Å². The second kappa shape index (κ2) is 5.77. The molecule has 0 aromatic heterocycles. The number of carbonyl (C=O) groups is 1. The van der Waals surface area contributed by atoms with E-state index >= 15 is 0 Å². The number of carbonyl (C=O) groups excluding carboxylic acids is 1. The molecule has 0 bridgehead atoms. The third-order valence-corrected chi connectivity index (χ3v) is 3.45. The second-order valence-corrected chi connectivity index (χ2v) is 4.89. The average molecular weight is 294 g/mol. The van der Waals surface area contributed by atoms with Crippen molar-refractivity contribution in [2.45, 2.75) is 6.61 Å². The van der Waals surface area contributed by atoms with Crippen molar-refractivity contribution in [3.63, 3.8) is 0 Å². The molecule has 3 aromatic rings. The summed E-state index contributed by atoms with van der Waals surface area (Å²) in [6.45, 7) is 0.0160. The van der Waals surface area contributed by atoms with Crippen LogP contribution in [0, 0.1) is 0 Å². The van der Waals surface area contributed by atoms with Crippen LogP contribution < -0.4 is 0 Å². The SMILES string of the molecule is O=C(OCc1cc(O)c(O)c2ccccc12)c1ccccc1. The summed E-state index contributed by atoms with van der Waals surface area (Å²) in [6.07, 6.45) is 0. The summed E-state index contributed by atoms with van der Waals surface area (Å²) in [6, 6.07) is 17.2. The Balaban J connectivity index is 1.89. The summed E-state index contributed by atoms with van der Waals surface area (Å²) in [5.74, 6) is -0.838. The molecule has 0 saturated heterocycles. The molecule has 2 N–H and O–H groups in total. The molecule has 3 aromatic carbocycles. The number of esters is 1. The number of hydrogen-bond donors (Lipinski definition) is 2. The topological polar surface area (TPSA) is 66.8 Å². The van der Waals surface area contributed by atoms with Gasteiger partial charge < -0.3 is 14.9 Å². The van der Waals surface area contributed by atoms with Crippen molar-refractivity contribution in [3.8, 4) is 11.5 Å². The first-order valence-electron chi connectivity index (χ1n) is 6.81. The van der Waals surface area contributed by atoms with E-state index in [4.69, 9.17) is 4.74 Å². The van der Waals surface area contributed by atoms with Gasteiger partial charge in [-0.3, -0.25) is 0 Å². The van der Waals surface area contributed by atoms with E-state index < -0.39 is 5.97 Å². The van der Waals surface area contributed by atoms with E-state index in [1.54, 1.807) is 42.5 Å². The molecule has 110 valence electrons. The zero-order valence-electron chi connectivity index (χ0n) is 11.7. The molecule has 0 aliphatic heterocycles. The van der Waals surface area contributed by atoms with Crippen LogP contribution in [0.4, 0.5) is 0 Å². The molecule has 0 aliphatic rings. The van der Waals surface area contributed by atoms with Gasteiger partial charge in [-0.25, -0.2) is 4.79 Å². The largest absolute Gasteiger partial charge is 0.504 e. The lowest BCUT2D eigenvalue weighted by molar-refractivity contribution is 0.0474. The van der Waals surface area contributed by atoms with Crippen molar-refractivity contribution < 1.29 is 19.7 Å². The normalized spacial score (nSPS) is 10.5. The lowest BCUT2D eigenvalue weighted by Crippen LogP contribution is -2.05. The van der Waals surface area contributed by atoms with E-state index in [-0.39, 0.29) is 18.1 Å². The van der Waals surface area contributed by atoms with Crippen LogP contribution in [0.2, 0.25) is 0 Å². The fraction of sp³-hybridized carbons (Fsp3) is 0.0556. The second-order valence-electron chi connectivity index (χ2n) is 4.89. The van der Waals surface area contributed by atoms with Gasteiger partial charge in [0.1, 0.15) is 6.61 Å². The van der Waals surface area contributed by atoms with Crippen molar-refractivity contribution in [2.75, 3.05) is 0 Å². The van der Waals surface area contributed by atoms with Gasteiger partial charge in [-0.15, -0.1) is 0 Å². The minimum absolute atomic E-state index is 0.0160. The molecule has 0 unspecified atom stereocenters. The fourth-order valence-electron chi connectivity index (χ4n) is 2.34. The molecular formula is C18H14O4. The number of rotatable bonds is 3. The predicted molar refractivity (Wildman–Crippen MR) is 82.8 cm³/mol. The van der Waals surface area contributed by atoms with E-state index in [1.807, 2.05) is 12.1 Å². The smallest absolute Gasteiger partial charge is 0.338 e. The standard InChI is InChI=1S/C18H14O4/c19-16-10-13(14-8-4-5-9-15(14)17(16)20)11-22-18(21)12-6-2-1-3-7-12/h1-10,19-20H,11H2. The highest BCUT2D eigenvalue weighted by atomic mass is 16.5. The number of phenolic OH excluding ortho intramolecular Hbond substituents is 2. The summed E-state index contributed by atoms with van der Waals surface area (Å²) >= 11 is 0. The maximum Gasteiger partial charge on any atom is 0.338 e. The van der Waals surface area contributed by atoms with Gasteiger partial charge in [-0.1, -0.05) is 42.5 Å². The van der Waals surface area contributed by atoms with E-state index in [1.165, 1.54) is 6.07 Å². The van der Waals surface area contributed by atoms with Crippen LogP contribution in [0.25, 0.3) is 10.8 Å². The number of fused-ring (bicyclic) bond motifs is 1. The van der Waals surface area contributed by atoms with E-state index in [9.17, 15) is 15.0 Å². The third kappa shape index (κ3) is 2.59. The Labute approximate surface area is 127 Å². The molecule has 4 heteroatoms. The zero-order valence-corrected chi connectivity index (χ0v) is 11.7. The fourth-order valence-corrected chi connectivity index (χ4v) is 2.34. The summed E-state index contributed by atoms with van der Waals surface area (Å²) in [5, 5.41) is 20.9. The minimum atomic E-state index is -0.433. The Kier molecular flexibility index (Phi) is 3.66. The van der Waals surface area contributed by atoms with E-state index in [0.29, 0.717) is 16.5 Å². The van der Waals surface area contributed by atoms with Crippen LogP contribution >= 0.6 is 0 Å². The van der Waals surface area contributed by atoms with Gasteiger partial charge >= 0.3 is 5.97 Å². The maximum absolute atomic E-state index is 12.0. The number of hydrogen-bond acceptors (Lipinski definition) is 4. The highest BCUT2D eigenvalue weighted by Gasteiger charge is 2.12. The van der Waals surface area contributed by atoms with Gasteiger partial charge in [0.15, 0.2) is 11.5 Å². The summed E-state index contributed by atoms with van der Waals surface area (Å²) in [4.78, 5) is 12.0. The number of phenols is 2. The summed E-state index contributed by atoms with van der Waals surface area (Å²) < 4.78 is 5.29. The van der Waals surface area contributed by atoms with Crippen molar-refractivity contribution in [3.05, 3.63) is 71.8 Å². The molecule has 0 spiro atoms. The van der Waals surface area contributed by atoms with Crippen LogP contribution in [-0.2, 0) is 11.3 Å². The molecule has 0 atom stereocenters. The molecule has 0 radical (unpaired) electrons. The molecule has 0 heterocycles. The Morgan fingerprint density at radius 1 is 0.909 bits per heavy atom. The molecular weight excluding hydrogens is 280 g/mol. The maximum atomic E-state index is 12.0. The van der Waals surface area contributed by atoms with Crippen LogP contribution in [0.5, 0.6) is 11.5 Å². The molecule has 3 rings (SSSR count). The van der Waals surface area contributed by atoms with Gasteiger partial charge in [0, 0.05) is 10.9 Å². The zero-order chi connectivity index (χ0) is 15.5. The van der Waals surface area contributed by atoms with Crippen LogP contribution in [-0.4, -0.2) is 16.2 Å². The van der Waals surface area contributed by atoms with Gasteiger partial charge in [0.25, 0.3) is 0 Å². The average Bonchev–Trinajstić information content (AvgIpc) is 2.57. The molecule has 4 nitrogen and oxygen atoms in total. The minimum Gasteiger partial charge on any atom is -0.504 e. The quantitative estimate of drug-likeness (QED) is 0.572. The van der Waals surface area contributed by atoms with Gasteiger partial charge in [-0.2, -0.15) is 0 Å². The van der Waals surface area contributed by atoms with Crippen LogP contribution in [0.15, 0.2) is 60.7 Å². The number of ether oxygens (including phenoxy) is 1. The Hall–Kier alpha value is -3.01. The Morgan fingerprint density at radius 2 is 1.55 bits per heavy atom. The molecule has 0 fully saturated rings. The lowest BCUT2D eigenvalue weighted by atomic mass is 10.0. The Morgan fingerprint density at radius 3 is 2.27 bits per heavy atom. The van der Waals surface area contributed by atoms with E-state index in [2.05, 4.69) is 0 Å². The van der Waals surface area contributed by atoms with Crippen molar-refractivity contribution in [2.24, 2.45) is 0 Å². The van der Waals surface area contributed by atoms with E-state index in [0.717, 1.165) is 5.39 Å². The summed E-state index contributed by atoms with van der Waals surface area (Å²) in [5.41, 5.74) is 1.10. The number of aromatic hydroxyl groups is 2. The van der Waals surface area contributed by atoms with Crippen molar-refractivity contribution >= 4 is 16.7 Å². The van der Waals surface area contributed by atoms with Gasteiger partial charge in [-0.05, 0) is 23.6 Å². The van der Waals surface area contributed by atoms with Gasteiger partial charge in [0.2, 0.25) is 0 Å². The molecule has 0 saturated carbocycles. The summed E-state index contributed by atoms with van der Waals surface area (Å²) in [7, 11) is 0. The lowest BCUT2D eigenvalue weighted by Gasteiger charge is -2.10. The predicted octanol–water partition coefficient (Wildman–Crippen LogP) is 3.61. The molecule has 0 aliphatic carbocycles. The van der Waals surface area contributed by atoms with Gasteiger partial charge in [0.05, 0.1) is 5.56 Å². The third-order valence-electron chi connectivity index (χ3n) is 3.45. The highest BCUT2D eigenvalue weighted by molar-refractivity contribution is 5.93.